The molecule has 0 radical (unpaired) electrons. The van der Waals surface area contributed by atoms with Gasteiger partial charge in [0.25, 0.3) is 0 Å². The van der Waals surface area contributed by atoms with Crippen LogP contribution in [0.1, 0.15) is 69.0 Å². The van der Waals surface area contributed by atoms with E-state index >= 15 is 0 Å². The maximum Gasteiger partial charge on any atom is 0.113 e. The summed E-state index contributed by atoms with van der Waals surface area (Å²) in [6.45, 7) is 13.6. The second-order valence-electron chi connectivity index (χ2n) is 7.24. The van der Waals surface area contributed by atoms with Crippen LogP contribution in [-0.2, 0) is 5.54 Å². The predicted octanol–water partition coefficient (Wildman–Crippen LogP) is 4.55. The Labute approximate surface area is 122 Å². The standard InChI is InChI=1S/C16H28N2S/c1-11(2)18-16(9-7-8-15(5,6)10-16)14-17-12(3)13(4)19-14/h11,18H,7-10H2,1-6H3. The zero-order chi connectivity index (χ0) is 14.3. The highest BCUT2D eigenvalue weighted by Gasteiger charge is 2.43. The van der Waals surface area contributed by atoms with Crippen molar-refractivity contribution < 1.29 is 0 Å². The maximum atomic E-state index is 4.88. The van der Waals surface area contributed by atoms with Crippen molar-refractivity contribution in [2.45, 2.75) is 78.8 Å². The third-order valence-electron chi connectivity index (χ3n) is 4.24. The molecule has 3 heteroatoms. The SMILES string of the molecule is Cc1nc(C2(NC(C)C)CCCC(C)(C)C2)sc1C. The lowest BCUT2D eigenvalue weighted by molar-refractivity contribution is 0.110. The van der Waals surface area contributed by atoms with Gasteiger partial charge in [0, 0.05) is 10.9 Å². The Morgan fingerprint density at radius 1 is 1.21 bits per heavy atom. The van der Waals surface area contributed by atoms with Crippen LogP contribution in [0.15, 0.2) is 0 Å². The molecule has 1 aromatic rings. The Morgan fingerprint density at radius 3 is 2.37 bits per heavy atom. The number of aryl methyl sites for hydroxylation is 2. The van der Waals surface area contributed by atoms with Crippen LogP contribution in [0.25, 0.3) is 0 Å². The summed E-state index contributed by atoms with van der Waals surface area (Å²) in [5, 5.41) is 5.16. The zero-order valence-electron chi connectivity index (χ0n) is 13.3. The molecule has 1 atom stereocenters. The lowest BCUT2D eigenvalue weighted by atomic mass is 9.68. The summed E-state index contributed by atoms with van der Waals surface area (Å²) in [6, 6.07) is 0.499. The number of hydrogen-bond donors (Lipinski definition) is 1. The molecule has 0 spiro atoms. The van der Waals surface area contributed by atoms with Gasteiger partial charge in [0.1, 0.15) is 5.01 Å². The van der Waals surface area contributed by atoms with Crippen LogP contribution < -0.4 is 5.32 Å². The van der Waals surface area contributed by atoms with Crippen molar-refractivity contribution in [1.82, 2.24) is 10.3 Å². The quantitative estimate of drug-likeness (QED) is 0.878. The molecule has 0 aromatic carbocycles. The summed E-state index contributed by atoms with van der Waals surface area (Å²) in [7, 11) is 0. The largest absolute Gasteiger partial charge is 0.303 e. The molecule has 0 aliphatic heterocycles. The van der Waals surface area contributed by atoms with Crippen LogP contribution in [0.2, 0.25) is 0 Å². The number of nitrogens with one attached hydrogen (secondary N) is 1. The number of aromatic nitrogens is 1. The van der Waals surface area contributed by atoms with E-state index in [1.54, 1.807) is 0 Å². The van der Waals surface area contributed by atoms with E-state index in [1.165, 1.54) is 41.3 Å². The summed E-state index contributed by atoms with van der Waals surface area (Å²) in [5.41, 5.74) is 1.71. The number of rotatable bonds is 3. The summed E-state index contributed by atoms with van der Waals surface area (Å²) in [4.78, 5) is 6.24. The molecule has 1 heterocycles. The van der Waals surface area contributed by atoms with E-state index in [0.717, 1.165) is 0 Å². The molecule has 2 rings (SSSR count). The monoisotopic (exact) mass is 280 g/mol. The first-order valence-electron chi connectivity index (χ1n) is 7.46. The fourth-order valence-electron chi connectivity index (χ4n) is 3.46. The van der Waals surface area contributed by atoms with E-state index in [4.69, 9.17) is 4.98 Å². The molecular weight excluding hydrogens is 252 g/mol. The zero-order valence-corrected chi connectivity index (χ0v) is 14.1. The molecule has 0 bridgehead atoms. The molecule has 19 heavy (non-hydrogen) atoms. The van der Waals surface area contributed by atoms with Crippen LogP contribution in [-0.4, -0.2) is 11.0 Å². The number of nitrogens with zero attached hydrogens (tertiary/aromatic N) is 1. The first-order chi connectivity index (χ1) is 8.74. The normalized spacial score (nSPS) is 26.9. The molecule has 108 valence electrons. The summed E-state index contributed by atoms with van der Waals surface area (Å²) >= 11 is 1.89. The molecule has 1 unspecified atom stereocenters. The van der Waals surface area contributed by atoms with E-state index in [2.05, 4.69) is 46.9 Å². The molecular formula is C16H28N2S. The first-order valence-corrected chi connectivity index (χ1v) is 8.28. The van der Waals surface area contributed by atoms with Crippen molar-refractivity contribution in [2.75, 3.05) is 0 Å². The summed E-state index contributed by atoms with van der Waals surface area (Å²) in [5.74, 6) is 0. The highest BCUT2D eigenvalue weighted by Crippen LogP contribution is 2.47. The van der Waals surface area contributed by atoms with Gasteiger partial charge in [-0.25, -0.2) is 4.98 Å². The minimum absolute atomic E-state index is 0.0968. The Bertz CT molecular complexity index is 428. The van der Waals surface area contributed by atoms with Gasteiger partial charge in [-0.2, -0.15) is 0 Å². The Morgan fingerprint density at radius 2 is 1.89 bits per heavy atom. The van der Waals surface area contributed by atoms with Crippen LogP contribution in [0, 0.1) is 19.3 Å². The van der Waals surface area contributed by atoms with Gasteiger partial charge in [-0.05, 0) is 52.4 Å². The summed E-state index contributed by atoms with van der Waals surface area (Å²) < 4.78 is 0. The highest BCUT2D eigenvalue weighted by molar-refractivity contribution is 7.11. The number of thiazole rings is 1. The van der Waals surface area contributed by atoms with Gasteiger partial charge in [0.05, 0.1) is 11.2 Å². The second kappa shape index (κ2) is 5.17. The second-order valence-corrected chi connectivity index (χ2v) is 8.44. The van der Waals surface area contributed by atoms with Gasteiger partial charge in [0.15, 0.2) is 0 Å². The van der Waals surface area contributed by atoms with Crippen molar-refractivity contribution in [2.24, 2.45) is 5.41 Å². The molecule has 1 aliphatic rings. The van der Waals surface area contributed by atoms with Gasteiger partial charge in [-0.3, -0.25) is 0 Å². The molecule has 2 nitrogen and oxygen atoms in total. The molecule has 1 aliphatic carbocycles. The first kappa shape index (κ1) is 15.0. The molecule has 1 fully saturated rings. The van der Waals surface area contributed by atoms with E-state index in [-0.39, 0.29) is 5.54 Å². The van der Waals surface area contributed by atoms with Gasteiger partial charge < -0.3 is 5.32 Å². The fourth-order valence-corrected chi connectivity index (χ4v) is 4.55. The van der Waals surface area contributed by atoms with Crippen LogP contribution in [0.4, 0.5) is 0 Å². The average Bonchev–Trinajstić information content (AvgIpc) is 2.57. The van der Waals surface area contributed by atoms with Gasteiger partial charge in [0.2, 0.25) is 0 Å². The molecule has 0 saturated heterocycles. The minimum atomic E-state index is 0.0968. The molecule has 1 saturated carbocycles. The molecule has 0 amide bonds. The third-order valence-corrected chi connectivity index (χ3v) is 5.52. The van der Waals surface area contributed by atoms with Gasteiger partial charge >= 0.3 is 0 Å². The molecule has 1 aromatic heterocycles. The van der Waals surface area contributed by atoms with Crippen LogP contribution in [0.3, 0.4) is 0 Å². The average molecular weight is 280 g/mol. The lowest BCUT2D eigenvalue weighted by Gasteiger charge is -2.45. The van der Waals surface area contributed by atoms with Crippen molar-refractivity contribution in [3.8, 4) is 0 Å². The minimum Gasteiger partial charge on any atom is -0.303 e. The van der Waals surface area contributed by atoms with Crippen molar-refractivity contribution in [1.29, 1.82) is 0 Å². The van der Waals surface area contributed by atoms with E-state index in [1.807, 2.05) is 11.3 Å². The van der Waals surface area contributed by atoms with Crippen molar-refractivity contribution >= 4 is 11.3 Å². The van der Waals surface area contributed by atoms with Crippen LogP contribution in [0.5, 0.6) is 0 Å². The Balaban J connectivity index is 2.39. The van der Waals surface area contributed by atoms with E-state index in [9.17, 15) is 0 Å². The van der Waals surface area contributed by atoms with E-state index in [0.29, 0.717) is 11.5 Å². The molecule has 1 N–H and O–H groups in total. The number of hydrogen-bond acceptors (Lipinski definition) is 3. The maximum absolute atomic E-state index is 4.88. The Kier molecular flexibility index (Phi) is 4.08. The van der Waals surface area contributed by atoms with Crippen molar-refractivity contribution in [3.63, 3.8) is 0 Å². The van der Waals surface area contributed by atoms with Crippen molar-refractivity contribution in [3.05, 3.63) is 15.6 Å². The Hall–Kier alpha value is -0.410. The topological polar surface area (TPSA) is 24.9 Å². The van der Waals surface area contributed by atoms with E-state index < -0.39 is 0 Å². The third kappa shape index (κ3) is 3.19. The fraction of sp³-hybridized carbons (Fsp3) is 0.812. The predicted molar refractivity (Wildman–Crippen MR) is 83.8 cm³/mol. The van der Waals surface area contributed by atoms with Gasteiger partial charge in [-0.15, -0.1) is 11.3 Å². The smallest absolute Gasteiger partial charge is 0.113 e. The highest BCUT2D eigenvalue weighted by atomic mass is 32.1. The van der Waals surface area contributed by atoms with Crippen LogP contribution >= 0.6 is 11.3 Å². The van der Waals surface area contributed by atoms with Gasteiger partial charge in [-0.1, -0.05) is 20.3 Å². The lowest BCUT2D eigenvalue weighted by Crippen LogP contribution is -2.50. The summed E-state index contributed by atoms with van der Waals surface area (Å²) in [6.07, 6.45) is 5.05.